The van der Waals surface area contributed by atoms with E-state index in [-0.39, 0.29) is 24.0 Å². The normalized spacial score (nSPS) is 16.0. The predicted octanol–water partition coefficient (Wildman–Crippen LogP) is 3.29. The molecule has 0 spiro atoms. The Labute approximate surface area is 179 Å². The fraction of sp³-hybridized carbons (Fsp3) is 0.381. The number of nitrogens with two attached hydrogens (primary N) is 1. The summed E-state index contributed by atoms with van der Waals surface area (Å²) in [5, 5.41) is 3.13. The van der Waals surface area contributed by atoms with E-state index in [2.05, 4.69) is 70.5 Å². The Bertz CT molecular complexity index is 719. The summed E-state index contributed by atoms with van der Waals surface area (Å²) < 4.78 is 0. The molecule has 0 amide bonds. The number of rotatable bonds is 5. The molecule has 27 heavy (non-hydrogen) atoms. The summed E-state index contributed by atoms with van der Waals surface area (Å²) in [5.74, 6) is 0.440. The number of piperazine rings is 1. The van der Waals surface area contributed by atoms with Crippen molar-refractivity contribution in [2.45, 2.75) is 20.0 Å². The average Bonchev–Trinajstić information content (AvgIpc) is 2.65. The average molecular weight is 479 g/mol. The van der Waals surface area contributed by atoms with Crippen molar-refractivity contribution in [1.29, 1.82) is 0 Å². The van der Waals surface area contributed by atoms with Gasteiger partial charge in [0.05, 0.1) is 6.54 Å². The molecular weight excluding hydrogens is 449 g/mol. The zero-order chi connectivity index (χ0) is 18.4. The fourth-order valence-electron chi connectivity index (χ4n) is 3.02. The van der Waals surface area contributed by atoms with E-state index in [1.165, 1.54) is 16.7 Å². The Morgan fingerprint density at radius 2 is 1.56 bits per heavy atom. The maximum absolute atomic E-state index is 5.98. The summed E-state index contributed by atoms with van der Waals surface area (Å²) in [6, 6.07) is 16.8. The zero-order valence-corrected chi connectivity index (χ0v) is 18.5. The van der Waals surface area contributed by atoms with E-state index in [1.807, 2.05) is 12.1 Å². The van der Waals surface area contributed by atoms with Gasteiger partial charge in [0.15, 0.2) is 5.96 Å². The van der Waals surface area contributed by atoms with Gasteiger partial charge in [0, 0.05) is 38.4 Å². The van der Waals surface area contributed by atoms with Crippen LogP contribution in [-0.4, -0.2) is 49.0 Å². The van der Waals surface area contributed by atoms with E-state index in [4.69, 9.17) is 5.73 Å². The first kappa shape index (κ1) is 21.7. The topological polar surface area (TPSA) is 56.9 Å². The monoisotopic (exact) mass is 479 g/mol. The highest BCUT2D eigenvalue weighted by Gasteiger charge is 2.13. The molecule has 0 radical (unpaired) electrons. The Hall–Kier alpha value is -1.64. The highest BCUT2D eigenvalue weighted by molar-refractivity contribution is 14.0. The van der Waals surface area contributed by atoms with Gasteiger partial charge in [-0.25, -0.2) is 4.99 Å². The van der Waals surface area contributed by atoms with Crippen LogP contribution in [0.5, 0.6) is 0 Å². The SMILES string of the molecule is Cc1ccc(NC(N)=NCc2ccc(CN3CCN(C)CC3)cc2)cc1.I. The van der Waals surface area contributed by atoms with Gasteiger partial charge in [-0.3, -0.25) is 4.90 Å². The maximum atomic E-state index is 5.98. The Morgan fingerprint density at radius 1 is 0.963 bits per heavy atom. The van der Waals surface area contributed by atoms with Crippen LogP contribution in [0.2, 0.25) is 0 Å². The van der Waals surface area contributed by atoms with Crippen LogP contribution in [0.4, 0.5) is 5.69 Å². The molecule has 146 valence electrons. The van der Waals surface area contributed by atoms with E-state index < -0.39 is 0 Å². The van der Waals surface area contributed by atoms with Crippen LogP contribution >= 0.6 is 24.0 Å². The van der Waals surface area contributed by atoms with Gasteiger partial charge in [0.25, 0.3) is 0 Å². The molecule has 1 saturated heterocycles. The molecule has 3 N–H and O–H groups in total. The lowest BCUT2D eigenvalue weighted by Crippen LogP contribution is -2.43. The van der Waals surface area contributed by atoms with E-state index >= 15 is 0 Å². The first-order valence-corrected chi connectivity index (χ1v) is 9.21. The van der Waals surface area contributed by atoms with Crippen molar-refractivity contribution in [3.8, 4) is 0 Å². The highest BCUT2D eigenvalue weighted by Crippen LogP contribution is 2.11. The zero-order valence-electron chi connectivity index (χ0n) is 16.2. The van der Waals surface area contributed by atoms with Crippen molar-refractivity contribution in [2.24, 2.45) is 10.7 Å². The van der Waals surface area contributed by atoms with E-state index in [1.54, 1.807) is 0 Å². The van der Waals surface area contributed by atoms with Crippen LogP contribution in [0.25, 0.3) is 0 Å². The summed E-state index contributed by atoms with van der Waals surface area (Å²) in [6.45, 7) is 8.26. The largest absolute Gasteiger partial charge is 0.370 e. The molecule has 6 heteroatoms. The summed E-state index contributed by atoms with van der Waals surface area (Å²) in [6.07, 6.45) is 0. The van der Waals surface area contributed by atoms with E-state index in [9.17, 15) is 0 Å². The molecule has 0 unspecified atom stereocenters. The van der Waals surface area contributed by atoms with Crippen molar-refractivity contribution in [3.05, 3.63) is 65.2 Å². The van der Waals surface area contributed by atoms with Crippen LogP contribution in [-0.2, 0) is 13.1 Å². The first-order valence-electron chi connectivity index (χ1n) is 9.21. The summed E-state index contributed by atoms with van der Waals surface area (Å²) in [7, 11) is 2.19. The number of aryl methyl sites for hydroxylation is 1. The van der Waals surface area contributed by atoms with Crippen LogP contribution in [0.15, 0.2) is 53.5 Å². The predicted molar refractivity (Wildman–Crippen MR) is 125 cm³/mol. The number of nitrogens with one attached hydrogen (secondary N) is 1. The molecule has 5 nitrogen and oxygen atoms in total. The van der Waals surface area contributed by atoms with E-state index in [0.717, 1.165) is 38.4 Å². The number of halogens is 1. The molecule has 1 heterocycles. The van der Waals surface area contributed by atoms with Crippen molar-refractivity contribution in [1.82, 2.24) is 9.80 Å². The second-order valence-electron chi connectivity index (χ2n) is 7.09. The molecule has 2 aromatic rings. The molecule has 0 aliphatic carbocycles. The third kappa shape index (κ3) is 7.12. The Kier molecular flexibility index (Phi) is 8.53. The molecule has 2 aromatic carbocycles. The number of aliphatic imine (C=N–C) groups is 1. The van der Waals surface area contributed by atoms with Crippen LogP contribution < -0.4 is 11.1 Å². The van der Waals surface area contributed by atoms with Crippen molar-refractivity contribution >= 4 is 35.6 Å². The molecular formula is C21H30IN5. The number of anilines is 1. The molecule has 0 saturated carbocycles. The fourth-order valence-corrected chi connectivity index (χ4v) is 3.02. The lowest BCUT2D eigenvalue weighted by atomic mass is 10.1. The second-order valence-corrected chi connectivity index (χ2v) is 7.09. The third-order valence-electron chi connectivity index (χ3n) is 4.78. The number of hydrogen-bond donors (Lipinski definition) is 2. The number of hydrogen-bond acceptors (Lipinski definition) is 3. The van der Waals surface area contributed by atoms with Gasteiger partial charge >= 0.3 is 0 Å². The van der Waals surface area contributed by atoms with Crippen molar-refractivity contribution in [3.63, 3.8) is 0 Å². The number of benzene rings is 2. The number of likely N-dealkylation sites (N-methyl/N-ethyl adjacent to an activating group) is 1. The molecule has 1 aliphatic rings. The number of guanidine groups is 1. The summed E-state index contributed by atoms with van der Waals surface area (Å²) in [5.41, 5.74) is 10.7. The van der Waals surface area contributed by atoms with Gasteiger partial charge in [-0.15, -0.1) is 24.0 Å². The van der Waals surface area contributed by atoms with Crippen molar-refractivity contribution < 1.29 is 0 Å². The lowest BCUT2D eigenvalue weighted by molar-refractivity contribution is 0.148. The van der Waals surface area contributed by atoms with Gasteiger partial charge in [-0.2, -0.15) is 0 Å². The van der Waals surface area contributed by atoms with Gasteiger partial charge in [-0.05, 0) is 37.2 Å². The van der Waals surface area contributed by atoms with Crippen LogP contribution in [0.1, 0.15) is 16.7 Å². The van der Waals surface area contributed by atoms with Gasteiger partial charge in [-0.1, -0.05) is 42.0 Å². The van der Waals surface area contributed by atoms with Crippen molar-refractivity contribution in [2.75, 3.05) is 38.5 Å². The Morgan fingerprint density at radius 3 is 2.19 bits per heavy atom. The van der Waals surface area contributed by atoms with Gasteiger partial charge in [0.2, 0.25) is 0 Å². The minimum absolute atomic E-state index is 0. The molecule has 0 bridgehead atoms. The maximum Gasteiger partial charge on any atom is 0.193 e. The quantitative estimate of drug-likeness (QED) is 0.393. The van der Waals surface area contributed by atoms with Gasteiger partial charge < -0.3 is 16.0 Å². The van der Waals surface area contributed by atoms with Crippen LogP contribution in [0.3, 0.4) is 0 Å². The first-order chi connectivity index (χ1) is 12.6. The second kappa shape index (κ2) is 10.6. The molecule has 0 atom stereocenters. The molecule has 0 aromatic heterocycles. The standard InChI is InChI=1S/C21H29N5.HI/c1-17-3-9-20(10-4-17)24-21(22)23-15-18-5-7-19(8-6-18)16-26-13-11-25(2)12-14-26;/h3-10H,11-16H2,1-2H3,(H3,22,23,24);1H. The smallest absolute Gasteiger partial charge is 0.193 e. The lowest BCUT2D eigenvalue weighted by Gasteiger charge is -2.32. The van der Waals surface area contributed by atoms with E-state index in [0.29, 0.717) is 12.5 Å². The minimum atomic E-state index is 0. The Balaban J connectivity index is 0.00000261. The molecule has 1 aliphatic heterocycles. The minimum Gasteiger partial charge on any atom is -0.370 e. The highest BCUT2D eigenvalue weighted by atomic mass is 127. The number of nitrogens with zero attached hydrogens (tertiary/aromatic N) is 3. The summed E-state index contributed by atoms with van der Waals surface area (Å²) >= 11 is 0. The summed E-state index contributed by atoms with van der Waals surface area (Å²) in [4.78, 5) is 9.33. The van der Waals surface area contributed by atoms with Gasteiger partial charge in [0.1, 0.15) is 0 Å². The van der Waals surface area contributed by atoms with Crippen LogP contribution in [0, 0.1) is 6.92 Å². The third-order valence-corrected chi connectivity index (χ3v) is 4.78. The molecule has 3 rings (SSSR count). The molecule has 1 fully saturated rings.